The summed E-state index contributed by atoms with van der Waals surface area (Å²) in [7, 11) is 0. The number of benzene rings is 1. The Hall–Kier alpha value is -1.22. The molecule has 1 saturated carbocycles. The van der Waals surface area contributed by atoms with Crippen molar-refractivity contribution in [3.05, 3.63) is 23.8 Å². The Morgan fingerprint density at radius 2 is 2.00 bits per heavy atom. The van der Waals surface area contributed by atoms with Gasteiger partial charge in [-0.25, -0.2) is 0 Å². The van der Waals surface area contributed by atoms with Gasteiger partial charge >= 0.3 is 0 Å². The highest BCUT2D eigenvalue weighted by Crippen LogP contribution is 2.32. The molecule has 1 aliphatic carbocycles. The van der Waals surface area contributed by atoms with E-state index in [-0.39, 0.29) is 0 Å². The predicted molar refractivity (Wildman–Crippen MR) is 70.8 cm³/mol. The molecule has 0 radical (unpaired) electrons. The number of ether oxygens (including phenoxy) is 2. The lowest BCUT2D eigenvalue weighted by Gasteiger charge is -2.29. The quantitative estimate of drug-likeness (QED) is 0.890. The molecule has 3 heteroatoms. The lowest BCUT2D eigenvalue weighted by molar-refractivity contribution is 0.174. The zero-order chi connectivity index (χ0) is 12.4. The van der Waals surface area contributed by atoms with Crippen molar-refractivity contribution in [3.8, 4) is 11.5 Å². The fourth-order valence-electron chi connectivity index (χ4n) is 2.92. The highest BCUT2D eigenvalue weighted by molar-refractivity contribution is 5.44. The summed E-state index contributed by atoms with van der Waals surface area (Å²) in [4.78, 5) is 0. The third-order valence-electron chi connectivity index (χ3n) is 4.12. The third kappa shape index (κ3) is 2.46. The van der Waals surface area contributed by atoms with Gasteiger partial charge in [-0.3, -0.25) is 0 Å². The van der Waals surface area contributed by atoms with Gasteiger partial charge in [-0.2, -0.15) is 0 Å². The normalized spacial score (nSPS) is 26.3. The Morgan fingerprint density at radius 3 is 2.89 bits per heavy atom. The number of fused-ring (bicyclic) bond motifs is 1. The zero-order valence-corrected chi connectivity index (χ0v) is 10.9. The molecule has 98 valence electrons. The molecule has 0 spiro atoms. The topological polar surface area (TPSA) is 30.5 Å². The Balaban J connectivity index is 1.59. The highest BCUT2D eigenvalue weighted by atomic mass is 16.7. The van der Waals surface area contributed by atoms with Crippen LogP contribution in [0.15, 0.2) is 18.2 Å². The largest absolute Gasteiger partial charge is 0.454 e. The van der Waals surface area contributed by atoms with Gasteiger partial charge in [0.1, 0.15) is 0 Å². The van der Waals surface area contributed by atoms with Crippen LogP contribution in [0.5, 0.6) is 11.5 Å². The maximum Gasteiger partial charge on any atom is 0.231 e. The van der Waals surface area contributed by atoms with E-state index in [9.17, 15) is 0 Å². The molecular formula is C15H21NO2. The molecule has 0 aromatic heterocycles. The van der Waals surface area contributed by atoms with Gasteiger partial charge in [-0.15, -0.1) is 0 Å². The van der Waals surface area contributed by atoms with Crippen LogP contribution in [-0.4, -0.2) is 12.8 Å². The molecule has 0 saturated heterocycles. The van der Waals surface area contributed by atoms with Crippen molar-refractivity contribution in [2.24, 2.45) is 5.92 Å². The van der Waals surface area contributed by atoms with E-state index in [4.69, 9.17) is 9.47 Å². The van der Waals surface area contributed by atoms with Crippen LogP contribution in [0.4, 0.5) is 0 Å². The Bertz CT molecular complexity index is 419. The molecule has 0 amide bonds. The van der Waals surface area contributed by atoms with Gasteiger partial charge in [0.05, 0.1) is 0 Å². The summed E-state index contributed by atoms with van der Waals surface area (Å²) in [6.45, 7) is 3.63. The zero-order valence-electron chi connectivity index (χ0n) is 10.9. The van der Waals surface area contributed by atoms with E-state index in [1.165, 1.54) is 31.2 Å². The van der Waals surface area contributed by atoms with Gasteiger partial charge in [0, 0.05) is 12.6 Å². The van der Waals surface area contributed by atoms with E-state index in [0.717, 1.165) is 24.0 Å². The van der Waals surface area contributed by atoms with Gasteiger partial charge in [0.2, 0.25) is 6.79 Å². The molecule has 1 aromatic carbocycles. The monoisotopic (exact) mass is 247 g/mol. The van der Waals surface area contributed by atoms with Crippen molar-refractivity contribution in [1.82, 2.24) is 5.32 Å². The highest BCUT2D eigenvalue weighted by Gasteiger charge is 2.20. The van der Waals surface area contributed by atoms with E-state index in [1.807, 2.05) is 6.07 Å². The van der Waals surface area contributed by atoms with Crippen molar-refractivity contribution in [2.45, 2.75) is 45.2 Å². The number of nitrogens with one attached hydrogen (secondary N) is 1. The van der Waals surface area contributed by atoms with E-state index in [1.54, 1.807) is 0 Å². The average molecular weight is 247 g/mol. The maximum absolute atomic E-state index is 5.40. The van der Waals surface area contributed by atoms with Crippen LogP contribution in [0.1, 0.15) is 38.2 Å². The van der Waals surface area contributed by atoms with E-state index >= 15 is 0 Å². The van der Waals surface area contributed by atoms with Crippen LogP contribution in [-0.2, 0) is 6.54 Å². The summed E-state index contributed by atoms with van der Waals surface area (Å²) in [6, 6.07) is 6.88. The van der Waals surface area contributed by atoms with Gasteiger partial charge < -0.3 is 14.8 Å². The minimum absolute atomic E-state index is 0.353. The SMILES string of the molecule is C[C@H]1CCCC[C@H]1NCc1ccc2c(c1)OCO2. The second kappa shape index (κ2) is 5.19. The first-order chi connectivity index (χ1) is 8.83. The Kier molecular flexibility index (Phi) is 3.41. The van der Waals surface area contributed by atoms with Crippen molar-refractivity contribution >= 4 is 0 Å². The molecule has 1 fully saturated rings. The van der Waals surface area contributed by atoms with Crippen LogP contribution < -0.4 is 14.8 Å². The van der Waals surface area contributed by atoms with Crippen molar-refractivity contribution in [2.75, 3.05) is 6.79 Å². The minimum atomic E-state index is 0.353. The summed E-state index contributed by atoms with van der Waals surface area (Å²) < 4.78 is 10.7. The van der Waals surface area contributed by atoms with Crippen LogP contribution in [0, 0.1) is 5.92 Å². The average Bonchev–Trinajstić information content (AvgIpc) is 2.85. The van der Waals surface area contributed by atoms with Crippen LogP contribution in [0.2, 0.25) is 0 Å². The number of rotatable bonds is 3. The molecule has 1 N–H and O–H groups in total. The smallest absolute Gasteiger partial charge is 0.231 e. The summed E-state index contributed by atoms with van der Waals surface area (Å²) in [5.41, 5.74) is 1.28. The molecule has 0 unspecified atom stereocenters. The van der Waals surface area contributed by atoms with Crippen molar-refractivity contribution in [3.63, 3.8) is 0 Å². The Labute approximate surface area is 108 Å². The lowest BCUT2D eigenvalue weighted by Crippen LogP contribution is -2.36. The lowest BCUT2D eigenvalue weighted by atomic mass is 9.86. The van der Waals surface area contributed by atoms with Gasteiger partial charge in [-0.1, -0.05) is 25.8 Å². The fraction of sp³-hybridized carbons (Fsp3) is 0.600. The molecule has 0 bridgehead atoms. The van der Waals surface area contributed by atoms with Crippen LogP contribution in [0.25, 0.3) is 0 Å². The van der Waals surface area contributed by atoms with Gasteiger partial charge in [0.25, 0.3) is 0 Å². The molecule has 1 aromatic rings. The molecule has 2 aliphatic rings. The predicted octanol–water partition coefficient (Wildman–Crippen LogP) is 3.08. The summed E-state index contributed by atoms with van der Waals surface area (Å²) in [5, 5.41) is 3.68. The van der Waals surface area contributed by atoms with Crippen molar-refractivity contribution < 1.29 is 9.47 Å². The van der Waals surface area contributed by atoms with E-state index in [2.05, 4.69) is 24.4 Å². The van der Waals surface area contributed by atoms with Gasteiger partial charge in [-0.05, 0) is 36.5 Å². The van der Waals surface area contributed by atoms with E-state index < -0.39 is 0 Å². The molecule has 3 rings (SSSR count). The molecule has 2 atom stereocenters. The van der Waals surface area contributed by atoms with Crippen LogP contribution >= 0.6 is 0 Å². The fourth-order valence-corrected chi connectivity index (χ4v) is 2.92. The molecular weight excluding hydrogens is 226 g/mol. The minimum Gasteiger partial charge on any atom is -0.454 e. The first-order valence-corrected chi connectivity index (χ1v) is 6.95. The standard InChI is InChI=1S/C15H21NO2/c1-11-4-2-3-5-13(11)16-9-12-6-7-14-15(8-12)18-10-17-14/h6-8,11,13,16H,2-5,9-10H2,1H3/t11-,13+/m0/s1. The molecule has 3 nitrogen and oxygen atoms in total. The summed E-state index contributed by atoms with van der Waals surface area (Å²) in [6.07, 6.45) is 5.43. The maximum atomic E-state index is 5.40. The molecule has 1 aliphatic heterocycles. The first-order valence-electron chi connectivity index (χ1n) is 6.95. The second-order valence-corrected chi connectivity index (χ2v) is 5.44. The van der Waals surface area contributed by atoms with E-state index in [0.29, 0.717) is 12.8 Å². The van der Waals surface area contributed by atoms with Gasteiger partial charge in [0.15, 0.2) is 11.5 Å². The molecule has 1 heterocycles. The second-order valence-electron chi connectivity index (χ2n) is 5.44. The summed E-state index contributed by atoms with van der Waals surface area (Å²) in [5.74, 6) is 2.54. The third-order valence-corrected chi connectivity index (χ3v) is 4.12. The first kappa shape index (κ1) is 11.8. The van der Waals surface area contributed by atoms with Crippen LogP contribution in [0.3, 0.4) is 0 Å². The number of hydrogen-bond donors (Lipinski definition) is 1. The summed E-state index contributed by atoms with van der Waals surface area (Å²) >= 11 is 0. The number of hydrogen-bond acceptors (Lipinski definition) is 3. The molecule has 18 heavy (non-hydrogen) atoms. The van der Waals surface area contributed by atoms with Crippen molar-refractivity contribution in [1.29, 1.82) is 0 Å². The Morgan fingerprint density at radius 1 is 1.17 bits per heavy atom.